The molecule has 0 aromatic heterocycles. The van der Waals surface area contributed by atoms with E-state index in [1.165, 1.54) is 50.8 Å². The smallest absolute Gasteiger partial charge is 0.0762 e. The van der Waals surface area contributed by atoms with Crippen LogP contribution in [-0.4, -0.2) is 17.7 Å². The Bertz CT molecular complexity index is 472. The van der Waals surface area contributed by atoms with Crippen LogP contribution in [0.25, 0.3) is 0 Å². The summed E-state index contributed by atoms with van der Waals surface area (Å²) in [6.07, 6.45) is 7.86. The van der Waals surface area contributed by atoms with Gasteiger partial charge in [0.25, 0.3) is 0 Å². The van der Waals surface area contributed by atoms with Gasteiger partial charge >= 0.3 is 0 Å². The van der Waals surface area contributed by atoms with E-state index in [9.17, 15) is 5.11 Å². The minimum absolute atomic E-state index is 0.399. The molecule has 1 saturated heterocycles. The summed E-state index contributed by atoms with van der Waals surface area (Å²) in [5.74, 6) is 0.890. The van der Waals surface area contributed by atoms with Crippen LogP contribution in [-0.2, 0) is 0 Å². The van der Waals surface area contributed by atoms with E-state index >= 15 is 0 Å². The number of piperidine rings is 1. The van der Waals surface area contributed by atoms with Crippen molar-refractivity contribution in [3.63, 3.8) is 0 Å². The fraction of sp³-hybridized carbons (Fsp3) is 0.647. The molecule has 1 heterocycles. The summed E-state index contributed by atoms with van der Waals surface area (Å²) < 4.78 is 1.13. The van der Waals surface area contributed by atoms with Crippen LogP contribution in [0.1, 0.15) is 57.1 Å². The summed E-state index contributed by atoms with van der Waals surface area (Å²) >= 11 is 3.71. The van der Waals surface area contributed by atoms with E-state index in [4.69, 9.17) is 0 Å². The molecule has 1 aliphatic heterocycles. The van der Waals surface area contributed by atoms with Gasteiger partial charge < -0.3 is 10.0 Å². The second-order valence-corrected chi connectivity index (χ2v) is 7.19. The third-order valence-electron chi connectivity index (χ3n) is 5.01. The lowest BCUT2D eigenvalue weighted by Gasteiger charge is -2.45. The second-order valence-electron chi connectivity index (χ2n) is 6.33. The largest absolute Gasteiger partial charge is 0.389 e. The maximum absolute atomic E-state index is 9.70. The molecular formula is C17H24BrNO. The Kier molecular flexibility index (Phi) is 4.37. The van der Waals surface area contributed by atoms with Crippen LogP contribution in [0.15, 0.2) is 22.7 Å². The average Bonchev–Trinajstić information content (AvgIpc) is 2.46. The van der Waals surface area contributed by atoms with Crippen molar-refractivity contribution in [1.82, 2.24) is 0 Å². The van der Waals surface area contributed by atoms with E-state index in [1.54, 1.807) is 0 Å². The first-order valence-corrected chi connectivity index (χ1v) is 8.70. The Hall–Kier alpha value is -0.540. The van der Waals surface area contributed by atoms with Gasteiger partial charge in [-0.15, -0.1) is 0 Å². The van der Waals surface area contributed by atoms with E-state index in [1.807, 2.05) is 6.92 Å². The molecule has 0 radical (unpaired) electrons. The van der Waals surface area contributed by atoms with Crippen molar-refractivity contribution in [2.24, 2.45) is 5.92 Å². The molecule has 3 atom stereocenters. The Morgan fingerprint density at radius 2 is 1.95 bits per heavy atom. The zero-order valence-corrected chi connectivity index (χ0v) is 13.8. The lowest BCUT2D eigenvalue weighted by atomic mass is 9.78. The first-order valence-electron chi connectivity index (χ1n) is 7.91. The standard InChI is InChI=1S/C17H24BrNO/c1-12(20)14-8-9-17(15(18)11-14)19-10-4-6-13-5-2-3-7-16(13)19/h8-9,11-13,16,20H,2-7,10H2,1H3/t12-,13+,16+/m0/s1. The van der Waals surface area contributed by atoms with Crippen LogP contribution in [0.3, 0.4) is 0 Å². The van der Waals surface area contributed by atoms with Crippen LogP contribution in [0, 0.1) is 5.92 Å². The van der Waals surface area contributed by atoms with Gasteiger partial charge in [-0.05, 0) is 72.2 Å². The van der Waals surface area contributed by atoms with Gasteiger partial charge in [0.15, 0.2) is 0 Å². The molecule has 1 aromatic carbocycles. The van der Waals surface area contributed by atoms with Gasteiger partial charge in [-0.1, -0.05) is 18.9 Å². The van der Waals surface area contributed by atoms with Gasteiger partial charge in [-0.2, -0.15) is 0 Å². The molecule has 110 valence electrons. The SMILES string of the molecule is C[C@H](O)c1ccc(N2CCC[C@H]3CCCC[C@H]32)c(Br)c1. The number of halogens is 1. The summed E-state index contributed by atoms with van der Waals surface area (Å²) in [5, 5.41) is 9.70. The Morgan fingerprint density at radius 1 is 1.20 bits per heavy atom. The topological polar surface area (TPSA) is 23.5 Å². The minimum Gasteiger partial charge on any atom is -0.389 e. The molecule has 1 aromatic rings. The van der Waals surface area contributed by atoms with Gasteiger partial charge in [0.1, 0.15) is 0 Å². The van der Waals surface area contributed by atoms with Gasteiger partial charge in [0.2, 0.25) is 0 Å². The molecule has 3 rings (SSSR count). The van der Waals surface area contributed by atoms with Crippen molar-refractivity contribution < 1.29 is 5.11 Å². The Morgan fingerprint density at radius 3 is 2.70 bits per heavy atom. The molecule has 0 unspecified atom stereocenters. The van der Waals surface area contributed by atoms with Gasteiger partial charge in [-0.25, -0.2) is 0 Å². The van der Waals surface area contributed by atoms with Crippen molar-refractivity contribution in [1.29, 1.82) is 0 Å². The maximum Gasteiger partial charge on any atom is 0.0762 e. The van der Waals surface area contributed by atoms with E-state index < -0.39 is 6.10 Å². The highest BCUT2D eigenvalue weighted by Crippen LogP contribution is 2.40. The van der Waals surface area contributed by atoms with Gasteiger partial charge in [-0.3, -0.25) is 0 Å². The van der Waals surface area contributed by atoms with Crippen LogP contribution in [0.2, 0.25) is 0 Å². The third kappa shape index (κ3) is 2.75. The monoisotopic (exact) mass is 337 g/mol. The summed E-state index contributed by atoms with van der Waals surface area (Å²) in [7, 11) is 0. The number of hydrogen-bond acceptors (Lipinski definition) is 2. The molecule has 1 saturated carbocycles. The maximum atomic E-state index is 9.70. The molecule has 3 heteroatoms. The quantitative estimate of drug-likeness (QED) is 0.848. The number of hydrogen-bond donors (Lipinski definition) is 1. The molecule has 0 spiro atoms. The highest BCUT2D eigenvalue weighted by molar-refractivity contribution is 9.10. The highest BCUT2D eigenvalue weighted by Gasteiger charge is 2.33. The van der Waals surface area contributed by atoms with Crippen LogP contribution >= 0.6 is 15.9 Å². The predicted octanol–water partition coefficient (Wildman–Crippen LogP) is 4.66. The van der Waals surface area contributed by atoms with Crippen LogP contribution in [0.5, 0.6) is 0 Å². The number of fused-ring (bicyclic) bond motifs is 1. The summed E-state index contributed by atoms with van der Waals surface area (Å²) in [6, 6.07) is 7.05. The first kappa shape index (κ1) is 14.4. The lowest BCUT2D eigenvalue weighted by molar-refractivity contribution is 0.199. The van der Waals surface area contributed by atoms with Crippen molar-refractivity contribution in [2.45, 2.75) is 57.6 Å². The Balaban J connectivity index is 1.87. The molecule has 1 N–H and O–H groups in total. The molecule has 0 amide bonds. The normalized spacial score (nSPS) is 28.1. The zero-order chi connectivity index (χ0) is 14.1. The zero-order valence-electron chi connectivity index (χ0n) is 12.2. The average molecular weight is 338 g/mol. The number of nitrogens with zero attached hydrogens (tertiary/aromatic N) is 1. The lowest BCUT2D eigenvalue weighted by Crippen LogP contribution is -2.47. The van der Waals surface area contributed by atoms with E-state index in [0.29, 0.717) is 0 Å². The second kappa shape index (κ2) is 6.07. The number of rotatable bonds is 2. The van der Waals surface area contributed by atoms with E-state index in [0.717, 1.165) is 22.0 Å². The number of anilines is 1. The third-order valence-corrected chi connectivity index (χ3v) is 5.64. The Labute approximate surface area is 130 Å². The van der Waals surface area contributed by atoms with E-state index in [-0.39, 0.29) is 0 Å². The molecule has 1 aliphatic carbocycles. The first-order chi connectivity index (χ1) is 9.66. The summed E-state index contributed by atoms with van der Waals surface area (Å²) in [5.41, 5.74) is 2.30. The fourth-order valence-corrected chi connectivity index (χ4v) is 4.56. The molecule has 2 aliphatic rings. The number of benzene rings is 1. The number of aliphatic hydroxyl groups excluding tert-OH is 1. The van der Waals surface area contributed by atoms with Crippen molar-refractivity contribution in [3.8, 4) is 0 Å². The fourth-order valence-electron chi connectivity index (χ4n) is 3.94. The van der Waals surface area contributed by atoms with E-state index in [2.05, 4.69) is 39.0 Å². The molecule has 2 fully saturated rings. The van der Waals surface area contributed by atoms with Crippen LogP contribution in [0.4, 0.5) is 5.69 Å². The van der Waals surface area contributed by atoms with Crippen LogP contribution < -0.4 is 4.90 Å². The summed E-state index contributed by atoms with van der Waals surface area (Å²) in [4.78, 5) is 2.61. The minimum atomic E-state index is -0.399. The molecular weight excluding hydrogens is 314 g/mol. The molecule has 0 bridgehead atoms. The molecule has 20 heavy (non-hydrogen) atoms. The van der Waals surface area contributed by atoms with Crippen molar-refractivity contribution >= 4 is 21.6 Å². The highest BCUT2D eigenvalue weighted by atomic mass is 79.9. The molecule has 2 nitrogen and oxygen atoms in total. The van der Waals surface area contributed by atoms with Crippen molar-refractivity contribution in [2.75, 3.05) is 11.4 Å². The van der Waals surface area contributed by atoms with Crippen molar-refractivity contribution in [3.05, 3.63) is 28.2 Å². The predicted molar refractivity (Wildman–Crippen MR) is 87.1 cm³/mol. The summed E-state index contributed by atoms with van der Waals surface area (Å²) in [6.45, 7) is 2.99. The van der Waals surface area contributed by atoms with Gasteiger partial charge in [0.05, 0.1) is 11.8 Å². The van der Waals surface area contributed by atoms with Gasteiger partial charge in [0, 0.05) is 17.1 Å². The number of aliphatic hydroxyl groups is 1.